The van der Waals surface area contributed by atoms with Crippen molar-refractivity contribution >= 4 is 28.5 Å². The van der Waals surface area contributed by atoms with Crippen molar-refractivity contribution in [2.45, 2.75) is 50.2 Å². The van der Waals surface area contributed by atoms with Crippen LogP contribution in [0.3, 0.4) is 0 Å². The van der Waals surface area contributed by atoms with Crippen molar-refractivity contribution < 1.29 is 23.9 Å². The van der Waals surface area contributed by atoms with Crippen molar-refractivity contribution in [3.05, 3.63) is 53.7 Å². The first kappa shape index (κ1) is 23.5. The lowest BCUT2D eigenvalue weighted by molar-refractivity contribution is -0.139. The molecule has 2 N–H and O–H groups in total. The summed E-state index contributed by atoms with van der Waals surface area (Å²) in [6, 6.07) is 13.4. The number of nitrogens with two attached hydrogens (primary N) is 1. The van der Waals surface area contributed by atoms with E-state index < -0.39 is 5.91 Å². The van der Waals surface area contributed by atoms with E-state index in [-0.39, 0.29) is 36.0 Å². The van der Waals surface area contributed by atoms with E-state index in [9.17, 15) is 14.4 Å². The number of amides is 2. The highest BCUT2D eigenvalue weighted by atomic mass is 16.5. The van der Waals surface area contributed by atoms with Crippen molar-refractivity contribution in [2.75, 3.05) is 14.2 Å². The van der Waals surface area contributed by atoms with Crippen LogP contribution in [0.1, 0.15) is 47.7 Å². The number of carbonyl (C=O) groups is 3. The highest BCUT2D eigenvalue weighted by Gasteiger charge is 2.56. The lowest BCUT2D eigenvalue weighted by atomic mass is 10.00. The molecule has 2 amide bonds. The fourth-order valence-corrected chi connectivity index (χ4v) is 6.09. The van der Waals surface area contributed by atoms with Gasteiger partial charge in [0.25, 0.3) is 5.91 Å². The first-order valence-electron chi connectivity index (χ1n) is 12.7. The number of fused-ring (bicyclic) bond motifs is 2. The van der Waals surface area contributed by atoms with Crippen molar-refractivity contribution in [3.8, 4) is 11.5 Å². The summed E-state index contributed by atoms with van der Waals surface area (Å²) in [6.07, 6.45) is 3.18. The number of benzene rings is 2. The highest BCUT2D eigenvalue weighted by Crippen LogP contribution is 2.52. The van der Waals surface area contributed by atoms with E-state index in [1.54, 1.807) is 17.0 Å². The third-order valence-electron chi connectivity index (χ3n) is 8.15. The number of nitrogens with zero attached hydrogens (tertiary/aromatic N) is 3. The minimum absolute atomic E-state index is 0.0581. The smallest absolute Gasteiger partial charge is 0.269 e. The van der Waals surface area contributed by atoms with Gasteiger partial charge in [-0.3, -0.25) is 19.1 Å². The molecule has 192 valence electrons. The fraction of sp³-hybridized carbons (Fsp3) is 0.429. The van der Waals surface area contributed by atoms with Gasteiger partial charge in [-0.25, -0.2) is 0 Å². The van der Waals surface area contributed by atoms with Crippen LogP contribution in [0.15, 0.2) is 42.5 Å². The first-order chi connectivity index (χ1) is 17.9. The van der Waals surface area contributed by atoms with Crippen LogP contribution in [-0.2, 0) is 16.1 Å². The van der Waals surface area contributed by atoms with E-state index in [1.807, 2.05) is 18.2 Å². The molecular formula is C28H30N4O5. The van der Waals surface area contributed by atoms with Crippen LogP contribution in [0.4, 0.5) is 0 Å². The summed E-state index contributed by atoms with van der Waals surface area (Å²) < 4.78 is 12.2. The molecule has 3 aliphatic rings. The number of hydrogen-bond donors (Lipinski definition) is 1. The molecule has 37 heavy (non-hydrogen) atoms. The van der Waals surface area contributed by atoms with Gasteiger partial charge in [0.15, 0.2) is 23.0 Å². The van der Waals surface area contributed by atoms with E-state index in [0.29, 0.717) is 46.6 Å². The Morgan fingerprint density at radius 2 is 1.76 bits per heavy atom. The second-order valence-corrected chi connectivity index (χ2v) is 10.4. The maximum atomic E-state index is 13.6. The van der Waals surface area contributed by atoms with Crippen molar-refractivity contribution in [1.82, 2.24) is 14.7 Å². The van der Waals surface area contributed by atoms with Gasteiger partial charge in [0, 0.05) is 23.9 Å². The fourth-order valence-electron chi connectivity index (χ4n) is 6.09. The second-order valence-electron chi connectivity index (χ2n) is 10.4. The quantitative estimate of drug-likeness (QED) is 0.481. The van der Waals surface area contributed by atoms with E-state index in [2.05, 4.69) is 17.2 Å². The summed E-state index contributed by atoms with van der Waals surface area (Å²) >= 11 is 0. The molecule has 2 aliphatic carbocycles. The zero-order chi connectivity index (χ0) is 25.8. The Balaban J connectivity index is 1.21. The minimum atomic E-state index is -0.697. The number of likely N-dealkylation sites (tertiary alicyclic amines) is 1. The van der Waals surface area contributed by atoms with Gasteiger partial charge in [0.2, 0.25) is 5.91 Å². The van der Waals surface area contributed by atoms with Crippen LogP contribution in [-0.4, -0.2) is 58.6 Å². The normalized spacial score (nSPS) is 25.6. The molecule has 5 atom stereocenters. The Hall–Kier alpha value is -3.88. The first-order valence-corrected chi connectivity index (χ1v) is 12.7. The van der Waals surface area contributed by atoms with Gasteiger partial charge in [-0.1, -0.05) is 30.3 Å². The molecule has 3 aromatic rings. The Kier molecular flexibility index (Phi) is 5.66. The summed E-state index contributed by atoms with van der Waals surface area (Å²) in [5.74, 6) is 1.34. The second kappa shape index (κ2) is 8.90. The SMILES string of the molecule is COc1cc2c(C(N)=O)nn(CC(=O)N3[C@@H]4C[C@@H]4C[C@H]3C(=O)C[C@H]3C[C@@H]3c3ccccc3)c2cc1OC. The molecule has 9 nitrogen and oxygen atoms in total. The lowest BCUT2D eigenvalue weighted by Crippen LogP contribution is -2.44. The van der Waals surface area contributed by atoms with E-state index in [1.165, 1.54) is 24.5 Å². The van der Waals surface area contributed by atoms with E-state index in [4.69, 9.17) is 15.2 Å². The molecule has 1 aromatic heterocycles. The number of ketones is 1. The number of carbonyl (C=O) groups excluding carboxylic acids is 3. The summed E-state index contributed by atoms with van der Waals surface area (Å²) in [4.78, 5) is 40.8. The van der Waals surface area contributed by atoms with Crippen LogP contribution in [0, 0.1) is 11.8 Å². The molecule has 1 saturated heterocycles. The van der Waals surface area contributed by atoms with Crippen LogP contribution in [0.25, 0.3) is 10.9 Å². The molecule has 3 fully saturated rings. The zero-order valence-electron chi connectivity index (χ0n) is 20.9. The maximum Gasteiger partial charge on any atom is 0.269 e. The van der Waals surface area contributed by atoms with Gasteiger partial charge in [-0.2, -0.15) is 5.10 Å². The third-order valence-corrected chi connectivity index (χ3v) is 8.15. The number of Topliss-reactive ketones (excluding diaryl/α,β-unsaturated/α-hetero) is 1. The van der Waals surface area contributed by atoms with Crippen molar-refractivity contribution in [3.63, 3.8) is 0 Å². The number of methoxy groups -OCH3 is 2. The molecule has 1 aliphatic heterocycles. The molecule has 0 unspecified atom stereocenters. The molecule has 9 heteroatoms. The van der Waals surface area contributed by atoms with Gasteiger partial charge < -0.3 is 20.1 Å². The third kappa shape index (κ3) is 4.12. The standard InChI is InChI=1S/C28H30N4O5/c1-36-24-12-19-21(13-25(24)37-2)31(30-27(19)28(29)35)14-26(34)32-20-9-17(20)10-22(32)23(33)11-16-8-18(16)15-6-4-3-5-7-15/h3-7,12-13,16-18,20,22H,8-11,14H2,1-2H3,(H2,29,35)/t16-,17-,18-,20-,22+/m1/s1. The number of piperidine rings is 1. The minimum Gasteiger partial charge on any atom is -0.493 e. The monoisotopic (exact) mass is 502 g/mol. The molecule has 2 aromatic carbocycles. The highest BCUT2D eigenvalue weighted by molar-refractivity contribution is 6.05. The Bertz CT molecular complexity index is 1400. The molecule has 2 saturated carbocycles. The molecule has 0 radical (unpaired) electrons. The van der Waals surface area contributed by atoms with Crippen LogP contribution in [0.2, 0.25) is 0 Å². The number of primary amides is 1. The predicted molar refractivity (Wildman–Crippen MR) is 135 cm³/mol. The Morgan fingerprint density at radius 3 is 2.46 bits per heavy atom. The molecule has 2 heterocycles. The summed E-state index contributed by atoms with van der Waals surface area (Å²) in [5, 5.41) is 4.84. The van der Waals surface area contributed by atoms with E-state index in [0.717, 1.165) is 19.3 Å². The average Bonchev–Trinajstić information content (AvgIpc) is 3.78. The van der Waals surface area contributed by atoms with Crippen LogP contribution >= 0.6 is 0 Å². The van der Waals surface area contributed by atoms with Crippen LogP contribution in [0.5, 0.6) is 11.5 Å². The molecule has 6 rings (SSSR count). The lowest BCUT2D eigenvalue weighted by Gasteiger charge is -2.27. The zero-order valence-corrected chi connectivity index (χ0v) is 20.9. The van der Waals surface area contributed by atoms with Gasteiger partial charge in [-0.05, 0) is 48.6 Å². The summed E-state index contributed by atoms with van der Waals surface area (Å²) in [7, 11) is 3.02. The molecule has 0 bridgehead atoms. The van der Waals surface area contributed by atoms with Gasteiger partial charge in [-0.15, -0.1) is 0 Å². The number of aromatic nitrogens is 2. The predicted octanol–water partition coefficient (Wildman–Crippen LogP) is 2.90. The van der Waals surface area contributed by atoms with Crippen molar-refractivity contribution in [1.29, 1.82) is 0 Å². The number of ether oxygens (including phenoxy) is 2. The topological polar surface area (TPSA) is 117 Å². The molecule has 0 spiro atoms. The Morgan fingerprint density at radius 1 is 1.03 bits per heavy atom. The molecular weight excluding hydrogens is 472 g/mol. The summed E-state index contributed by atoms with van der Waals surface area (Å²) in [6.45, 7) is -0.0949. The van der Waals surface area contributed by atoms with E-state index >= 15 is 0 Å². The van der Waals surface area contributed by atoms with Gasteiger partial charge >= 0.3 is 0 Å². The maximum absolute atomic E-state index is 13.6. The van der Waals surface area contributed by atoms with Crippen molar-refractivity contribution in [2.24, 2.45) is 17.6 Å². The van der Waals surface area contributed by atoms with Gasteiger partial charge in [0.05, 0.1) is 25.8 Å². The van der Waals surface area contributed by atoms with Crippen LogP contribution < -0.4 is 15.2 Å². The average molecular weight is 503 g/mol. The van der Waals surface area contributed by atoms with Gasteiger partial charge in [0.1, 0.15) is 6.54 Å². The largest absolute Gasteiger partial charge is 0.493 e. The number of hydrogen-bond acceptors (Lipinski definition) is 6. The number of rotatable bonds is 9. The Labute approximate surface area is 214 Å². The summed E-state index contributed by atoms with van der Waals surface area (Å²) in [5.41, 5.74) is 7.46.